The Bertz CT molecular complexity index is 1330. The number of ether oxygens (including phenoxy) is 1. The molecule has 0 saturated carbocycles. The molecule has 3 heterocycles. The second-order valence-electron chi connectivity index (χ2n) is 10.9. The van der Waals surface area contributed by atoms with E-state index in [1.54, 1.807) is 0 Å². The molecule has 5 rings (SSSR count). The predicted octanol–water partition coefficient (Wildman–Crippen LogP) is 5.12. The Labute approximate surface area is 225 Å². The minimum Gasteiger partial charge on any atom is -0.491 e. The molecule has 2 aliphatic heterocycles. The van der Waals surface area contributed by atoms with Crippen LogP contribution in [0.2, 0.25) is 0 Å². The van der Waals surface area contributed by atoms with Gasteiger partial charge in [-0.15, -0.1) is 0 Å². The molecule has 7 nitrogen and oxygen atoms in total. The molecule has 0 aliphatic carbocycles. The molecule has 200 valence electrons. The molecule has 2 aromatic carbocycles. The first-order chi connectivity index (χ1) is 18.4. The number of para-hydroxylation sites is 1. The maximum Gasteiger partial charge on any atom is 0.253 e. The van der Waals surface area contributed by atoms with E-state index in [9.17, 15) is 9.59 Å². The Morgan fingerprint density at radius 1 is 0.895 bits per heavy atom. The lowest BCUT2D eigenvalue weighted by molar-refractivity contribution is -0.144. The number of rotatable bonds is 1. The maximum absolute atomic E-state index is 13.8. The van der Waals surface area contributed by atoms with Crippen LogP contribution < -0.4 is 4.74 Å². The van der Waals surface area contributed by atoms with Crippen LogP contribution in [0, 0.1) is 19.3 Å². The molecule has 0 unspecified atom stereocenters. The summed E-state index contributed by atoms with van der Waals surface area (Å²) < 4.78 is 6.08. The third kappa shape index (κ3) is 5.38. The second-order valence-corrected chi connectivity index (χ2v) is 10.9. The van der Waals surface area contributed by atoms with E-state index in [0.717, 1.165) is 60.3 Å². The van der Waals surface area contributed by atoms with E-state index in [2.05, 4.69) is 22.1 Å². The minimum atomic E-state index is -0.421. The quantitative estimate of drug-likeness (QED) is 0.450. The molecule has 1 saturated heterocycles. The van der Waals surface area contributed by atoms with Crippen molar-refractivity contribution in [1.29, 1.82) is 0 Å². The summed E-state index contributed by atoms with van der Waals surface area (Å²) in [7, 11) is 1.89. The molecule has 1 spiro atoms. The number of amides is 2. The van der Waals surface area contributed by atoms with Crippen LogP contribution in [0.15, 0.2) is 42.5 Å². The van der Waals surface area contributed by atoms with Gasteiger partial charge in [0, 0.05) is 25.7 Å². The highest BCUT2D eigenvalue weighted by Gasteiger charge is 2.43. The van der Waals surface area contributed by atoms with Crippen LogP contribution in [0.1, 0.15) is 65.8 Å². The van der Waals surface area contributed by atoms with E-state index in [1.165, 1.54) is 5.56 Å². The second kappa shape index (κ2) is 11.1. The van der Waals surface area contributed by atoms with Crippen molar-refractivity contribution in [3.05, 3.63) is 65.0 Å². The number of carbonyl (C=O) groups excluding carboxylic acids is 2. The van der Waals surface area contributed by atoms with Crippen LogP contribution in [-0.4, -0.2) is 64.9 Å². The van der Waals surface area contributed by atoms with Crippen molar-refractivity contribution < 1.29 is 14.3 Å². The highest BCUT2D eigenvalue weighted by Crippen LogP contribution is 2.39. The molecular weight excluding hydrogens is 476 g/mol. The zero-order valence-electron chi connectivity index (χ0n) is 22.8. The molecule has 7 heteroatoms. The topological polar surface area (TPSA) is 75.6 Å². The van der Waals surface area contributed by atoms with Crippen molar-refractivity contribution in [2.24, 2.45) is 5.41 Å². The van der Waals surface area contributed by atoms with Gasteiger partial charge in [0.1, 0.15) is 12.4 Å². The van der Waals surface area contributed by atoms with Crippen molar-refractivity contribution in [2.45, 2.75) is 58.8 Å². The summed E-state index contributed by atoms with van der Waals surface area (Å²) in [5.41, 5.74) is 4.76. The molecule has 1 fully saturated rings. The fourth-order valence-electron chi connectivity index (χ4n) is 5.86. The van der Waals surface area contributed by atoms with Gasteiger partial charge in [-0.3, -0.25) is 9.59 Å². The standard InChI is InChI=1S/C31H38N4O3/c1-22-23(2)33-27-21-25(12-13-26(27)32-22)29(36)35-17-15-31(16-18-35)14-8-4-5-9-24-10-6-7-11-28(24)38-20-19-34(3)30(31)37/h6-7,10-13,21H,4-5,8-9,14-20H2,1-3H3. The number of likely N-dealkylation sites (N-methyl/N-ethyl adjacent to an activating group) is 1. The number of hydrogen-bond donors (Lipinski definition) is 0. The smallest absolute Gasteiger partial charge is 0.253 e. The summed E-state index contributed by atoms with van der Waals surface area (Å²) in [6.07, 6.45) is 6.40. The van der Waals surface area contributed by atoms with Gasteiger partial charge in [0.05, 0.1) is 34.4 Å². The SMILES string of the molecule is Cc1nc2ccc(C(=O)N3CCC4(CCCCCc5ccccc5OCCN(C)C4=O)CC3)cc2nc1C. The van der Waals surface area contributed by atoms with Gasteiger partial charge in [0.15, 0.2) is 0 Å². The van der Waals surface area contributed by atoms with Crippen LogP contribution in [-0.2, 0) is 11.2 Å². The van der Waals surface area contributed by atoms with Gasteiger partial charge < -0.3 is 14.5 Å². The van der Waals surface area contributed by atoms with Gasteiger partial charge in [-0.25, -0.2) is 9.97 Å². The molecule has 0 N–H and O–H groups in total. The summed E-state index contributed by atoms with van der Waals surface area (Å²) in [5.74, 6) is 1.12. The molecular formula is C31H38N4O3. The summed E-state index contributed by atoms with van der Waals surface area (Å²) >= 11 is 0. The highest BCUT2D eigenvalue weighted by atomic mass is 16.5. The summed E-state index contributed by atoms with van der Waals surface area (Å²) in [6.45, 7) is 6.06. The molecule has 2 aliphatic rings. The first kappa shape index (κ1) is 26.1. The van der Waals surface area contributed by atoms with E-state index >= 15 is 0 Å². The fourth-order valence-corrected chi connectivity index (χ4v) is 5.86. The van der Waals surface area contributed by atoms with E-state index in [1.807, 2.05) is 61.0 Å². The van der Waals surface area contributed by atoms with E-state index in [4.69, 9.17) is 4.74 Å². The molecule has 1 aromatic heterocycles. The Balaban J connectivity index is 1.28. The van der Waals surface area contributed by atoms with Gasteiger partial charge in [-0.1, -0.05) is 31.0 Å². The van der Waals surface area contributed by atoms with Crippen molar-refractivity contribution in [3.8, 4) is 5.75 Å². The van der Waals surface area contributed by atoms with Crippen molar-refractivity contribution >= 4 is 22.8 Å². The normalized spacial score (nSPS) is 18.8. The summed E-state index contributed by atoms with van der Waals surface area (Å²) in [6, 6.07) is 13.8. The molecule has 3 aromatic rings. The summed E-state index contributed by atoms with van der Waals surface area (Å²) in [4.78, 5) is 40.2. The number of carbonyl (C=O) groups is 2. The highest BCUT2D eigenvalue weighted by molar-refractivity contribution is 5.97. The number of benzene rings is 2. The Morgan fingerprint density at radius 2 is 1.63 bits per heavy atom. The Morgan fingerprint density at radius 3 is 2.42 bits per heavy atom. The monoisotopic (exact) mass is 514 g/mol. The fraction of sp³-hybridized carbons (Fsp3) is 0.484. The van der Waals surface area contributed by atoms with E-state index in [0.29, 0.717) is 44.6 Å². The van der Waals surface area contributed by atoms with Crippen molar-refractivity contribution in [1.82, 2.24) is 19.8 Å². The average Bonchev–Trinajstić information content (AvgIpc) is 2.94. The molecule has 0 atom stereocenters. The van der Waals surface area contributed by atoms with Crippen LogP contribution in [0.25, 0.3) is 11.0 Å². The first-order valence-electron chi connectivity index (χ1n) is 13.9. The van der Waals surface area contributed by atoms with Crippen LogP contribution >= 0.6 is 0 Å². The Hall–Kier alpha value is -3.48. The lowest BCUT2D eigenvalue weighted by atomic mass is 9.73. The third-order valence-electron chi connectivity index (χ3n) is 8.39. The van der Waals surface area contributed by atoms with E-state index in [-0.39, 0.29) is 11.8 Å². The number of aryl methyl sites for hydroxylation is 3. The van der Waals surface area contributed by atoms with Gasteiger partial charge in [-0.05, 0) is 75.8 Å². The number of nitrogens with zero attached hydrogens (tertiary/aromatic N) is 4. The number of fused-ring (bicyclic) bond motifs is 2. The van der Waals surface area contributed by atoms with Crippen molar-refractivity contribution in [3.63, 3.8) is 0 Å². The van der Waals surface area contributed by atoms with Crippen LogP contribution in [0.3, 0.4) is 0 Å². The maximum atomic E-state index is 13.8. The third-order valence-corrected chi connectivity index (χ3v) is 8.39. The van der Waals surface area contributed by atoms with Gasteiger partial charge in [0.2, 0.25) is 5.91 Å². The van der Waals surface area contributed by atoms with Crippen LogP contribution in [0.4, 0.5) is 0 Å². The van der Waals surface area contributed by atoms with Gasteiger partial charge in [-0.2, -0.15) is 0 Å². The number of aromatic nitrogens is 2. The number of piperidine rings is 1. The lowest BCUT2D eigenvalue weighted by Crippen LogP contribution is -2.51. The van der Waals surface area contributed by atoms with Crippen molar-refractivity contribution in [2.75, 3.05) is 33.3 Å². The zero-order valence-corrected chi connectivity index (χ0v) is 22.8. The van der Waals surface area contributed by atoms with Gasteiger partial charge in [0.25, 0.3) is 5.91 Å². The first-order valence-corrected chi connectivity index (χ1v) is 13.9. The van der Waals surface area contributed by atoms with Gasteiger partial charge >= 0.3 is 0 Å². The lowest BCUT2D eigenvalue weighted by Gasteiger charge is -2.42. The van der Waals surface area contributed by atoms with Crippen LogP contribution in [0.5, 0.6) is 5.75 Å². The van der Waals surface area contributed by atoms with E-state index < -0.39 is 5.41 Å². The molecule has 2 amide bonds. The average molecular weight is 515 g/mol. The Kier molecular flexibility index (Phi) is 7.63. The summed E-state index contributed by atoms with van der Waals surface area (Å²) in [5, 5.41) is 0. The largest absolute Gasteiger partial charge is 0.491 e. The zero-order chi connectivity index (χ0) is 26.7. The predicted molar refractivity (Wildman–Crippen MR) is 148 cm³/mol. The number of hydrogen-bond acceptors (Lipinski definition) is 5. The number of likely N-dealkylation sites (tertiary alicyclic amines) is 1. The minimum absolute atomic E-state index is 0.00149. The molecule has 0 bridgehead atoms. The molecule has 0 radical (unpaired) electrons. The molecule has 38 heavy (non-hydrogen) atoms.